The summed E-state index contributed by atoms with van der Waals surface area (Å²) < 4.78 is 0. The molecule has 0 aromatic carbocycles. The molecule has 3 heteroatoms. The van der Waals surface area contributed by atoms with Crippen LogP contribution in [0.1, 0.15) is 11.3 Å². The second kappa shape index (κ2) is 3.99. The van der Waals surface area contributed by atoms with Crippen LogP contribution >= 0.6 is 11.8 Å². The molecule has 0 aliphatic heterocycles. The van der Waals surface area contributed by atoms with E-state index in [0.717, 1.165) is 11.3 Å². The Bertz CT molecular complexity index is 260. The summed E-state index contributed by atoms with van der Waals surface area (Å²) in [5, 5.41) is 8.43. The lowest BCUT2D eigenvalue weighted by Gasteiger charge is -1.95. The highest BCUT2D eigenvalue weighted by Gasteiger charge is 1.92. The first-order chi connectivity index (χ1) is 5.36. The molecule has 1 rings (SSSR count). The maximum Gasteiger partial charge on any atom is 0.140 e. The Morgan fingerprint density at radius 2 is 2.45 bits per heavy atom. The third kappa shape index (κ3) is 2.24. The van der Waals surface area contributed by atoms with E-state index in [1.165, 1.54) is 11.8 Å². The number of hydrogen-bond donors (Lipinski definition) is 0. The standard InChI is InChI=1S/C8H7N2S/c1-11-6-7-2-3-8(4-9)10-5-7/h2-3,5H,1,6H2. The van der Waals surface area contributed by atoms with Gasteiger partial charge in [-0.3, -0.25) is 0 Å². The topological polar surface area (TPSA) is 36.7 Å². The van der Waals surface area contributed by atoms with Crippen LogP contribution in [0.2, 0.25) is 0 Å². The zero-order valence-corrected chi connectivity index (χ0v) is 6.77. The van der Waals surface area contributed by atoms with Crippen LogP contribution in [0.5, 0.6) is 0 Å². The Hall–Kier alpha value is -1.01. The molecule has 0 saturated heterocycles. The molecule has 0 aliphatic rings. The summed E-state index contributed by atoms with van der Waals surface area (Å²) in [6.45, 7) is 0. The second-order valence-electron chi connectivity index (χ2n) is 2.01. The maximum atomic E-state index is 8.43. The van der Waals surface area contributed by atoms with Gasteiger partial charge in [0, 0.05) is 18.2 Å². The lowest BCUT2D eigenvalue weighted by molar-refractivity contribution is 1.21. The van der Waals surface area contributed by atoms with Gasteiger partial charge in [-0.05, 0) is 11.6 Å². The number of rotatable bonds is 2. The molecule has 0 spiro atoms. The molecule has 0 bridgehead atoms. The van der Waals surface area contributed by atoms with Crippen molar-refractivity contribution in [2.75, 3.05) is 0 Å². The van der Waals surface area contributed by atoms with Gasteiger partial charge in [0.05, 0.1) is 0 Å². The largest absolute Gasteiger partial charge is 0.245 e. The molecule has 0 unspecified atom stereocenters. The lowest BCUT2D eigenvalue weighted by atomic mass is 10.3. The van der Waals surface area contributed by atoms with Crippen molar-refractivity contribution < 1.29 is 0 Å². The van der Waals surface area contributed by atoms with Crippen molar-refractivity contribution in [2.24, 2.45) is 0 Å². The predicted molar refractivity (Wildman–Crippen MR) is 45.6 cm³/mol. The summed E-state index contributed by atoms with van der Waals surface area (Å²) in [7, 11) is 0. The molecule has 0 atom stereocenters. The van der Waals surface area contributed by atoms with Crippen molar-refractivity contribution in [1.82, 2.24) is 4.98 Å². The van der Waals surface area contributed by atoms with Gasteiger partial charge in [-0.25, -0.2) is 4.98 Å². The van der Waals surface area contributed by atoms with Gasteiger partial charge in [0.1, 0.15) is 11.8 Å². The molecule has 1 aromatic heterocycles. The maximum absolute atomic E-state index is 8.43. The van der Waals surface area contributed by atoms with Gasteiger partial charge >= 0.3 is 0 Å². The number of nitriles is 1. The fourth-order valence-electron chi connectivity index (χ4n) is 0.694. The number of nitrogens with zero attached hydrogens (tertiary/aromatic N) is 2. The number of hydrogen-bond acceptors (Lipinski definition) is 3. The van der Waals surface area contributed by atoms with E-state index in [0.29, 0.717) is 5.69 Å². The summed E-state index contributed by atoms with van der Waals surface area (Å²) in [5.41, 5.74) is 1.56. The van der Waals surface area contributed by atoms with Gasteiger partial charge < -0.3 is 0 Å². The van der Waals surface area contributed by atoms with Gasteiger partial charge in [0.2, 0.25) is 0 Å². The van der Waals surface area contributed by atoms with Crippen LogP contribution in [0, 0.1) is 17.6 Å². The molecule has 0 amide bonds. The minimum absolute atomic E-state index is 0.461. The fourth-order valence-corrected chi connectivity index (χ4v) is 1.10. The summed E-state index contributed by atoms with van der Waals surface area (Å²) in [6.07, 6.45) is 5.35. The average molecular weight is 163 g/mol. The molecule has 0 fully saturated rings. The molecule has 1 radical (unpaired) electrons. The third-order valence-corrected chi connectivity index (χ3v) is 1.75. The van der Waals surface area contributed by atoms with Crippen LogP contribution in [0.3, 0.4) is 0 Å². The molecule has 1 heterocycles. The molecule has 55 valence electrons. The highest BCUT2D eigenvalue weighted by Crippen LogP contribution is 2.08. The van der Waals surface area contributed by atoms with E-state index in [2.05, 4.69) is 11.2 Å². The first-order valence-corrected chi connectivity index (χ1v) is 4.24. The average Bonchev–Trinajstić information content (AvgIpc) is 2.07. The fraction of sp³-hybridized carbons (Fsp3) is 0.125. The zero-order chi connectivity index (χ0) is 8.10. The minimum atomic E-state index is 0.461. The van der Waals surface area contributed by atoms with Crippen LogP contribution in [0.25, 0.3) is 0 Å². The van der Waals surface area contributed by atoms with Crippen molar-refractivity contribution in [1.29, 1.82) is 5.26 Å². The van der Waals surface area contributed by atoms with Crippen molar-refractivity contribution in [3.05, 3.63) is 35.8 Å². The first-order valence-electron chi connectivity index (χ1n) is 3.09. The Balaban J connectivity index is 2.76. The predicted octanol–water partition coefficient (Wildman–Crippen LogP) is 1.98. The van der Waals surface area contributed by atoms with Gasteiger partial charge in [0.15, 0.2) is 0 Å². The molecule has 0 N–H and O–H groups in total. The molecule has 11 heavy (non-hydrogen) atoms. The quantitative estimate of drug-likeness (QED) is 0.669. The van der Waals surface area contributed by atoms with E-state index >= 15 is 0 Å². The van der Waals surface area contributed by atoms with Crippen molar-refractivity contribution in [3.8, 4) is 6.07 Å². The Kier molecular flexibility index (Phi) is 2.94. The third-order valence-electron chi connectivity index (χ3n) is 1.21. The minimum Gasteiger partial charge on any atom is -0.245 e. The lowest BCUT2D eigenvalue weighted by Crippen LogP contribution is -1.84. The highest BCUT2D eigenvalue weighted by molar-refractivity contribution is 7.99. The normalized spacial score (nSPS) is 9.09. The summed E-state index contributed by atoms with van der Waals surface area (Å²) in [5.74, 6) is 0.846. The molecular formula is C8H7N2S. The smallest absolute Gasteiger partial charge is 0.140 e. The summed E-state index contributed by atoms with van der Waals surface area (Å²) >= 11 is 1.50. The van der Waals surface area contributed by atoms with Crippen molar-refractivity contribution >= 4 is 11.8 Å². The van der Waals surface area contributed by atoms with Gasteiger partial charge in [-0.15, -0.1) is 0 Å². The van der Waals surface area contributed by atoms with Crippen LogP contribution < -0.4 is 0 Å². The van der Waals surface area contributed by atoms with Crippen molar-refractivity contribution in [3.63, 3.8) is 0 Å². The zero-order valence-electron chi connectivity index (χ0n) is 5.95. The molecule has 1 aromatic rings. The molecule has 0 saturated carbocycles. The summed E-state index contributed by atoms with van der Waals surface area (Å²) in [6, 6.07) is 5.57. The van der Waals surface area contributed by atoms with Crippen LogP contribution in [-0.4, -0.2) is 4.98 Å². The Morgan fingerprint density at radius 1 is 1.64 bits per heavy atom. The van der Waals surface area contributed by atoms with Gasteiger partial charge in [-0.2, -0.15) is 17.0 Å². The van der Waals surface area contributed by atoms with E-state index in [1.807, 2.05) is 12.1 Å². The van der Waals surface area contributed by atoms with E-state index < -0.39 is 0 Å². The van der Waals surface area contributed by atoms with Gasteiger partial charge in [0.25, 0.3) is 0 Å². The molecule has 2 nitrogen and oxygen atoms in total. The Morgan fingerprint density at radius 3 is 2.91 bits per heavy atom. The molecule has 0 aliphatic carbocycles. The molecular weight excluding hydrogens is 156 g/mol. The van der Waals surface area contributed by atoms with Crippen LogP contribution in [0.15, 0.2) is 18.3 Å². The van der Waals surface area contributed by atoms with E-state index in [4.69, 9.17) is 5.26 Å². The summed E-state index contributed by atoms with van der Waals surface area (Å²) in [4.78, 5) is 3.91. The van der Waals surface area contributed by atoms with E-state index in [-0.39, 0.29) is 0 Å². The monoisotopic (exact) mass is 163 g/mol. The van der Waals surface area contributed by atoms with Crippen molar-refractivity contribution in [2.45, 2.75) is 5.75 Å². The Labute approximate surface area is 70.3 Å². The number of thioether (sulfide) groups is 1. The second-order valence-corrected chi connectivity index (χ2v) is 2.71. The first kappa shape index (κ1) is 8.09. The van der Waals surface area contributed by atoms with E-state index in [1.54, 1.807) is 12.3 Å². The van der Waals surface area contributed by atoms with Crippen LogP contribution in [0.4, 0.5) is 0 Å². The van der Waals surface area contributed by atoms with Crippen LogP contribution in [-0.2, 0) is 5.75 Å². The number of pyridine rings is 1. The number of aromatic nitrogens is 1. The van der Waals surface area contributed by atoms with Gasteiger partial charge in [-0.1, -0.05) is 6.07 Å². The SMILES string of the molecule is [CH2]SCc1ccc(C#N)nc1. The highest BCUT2D eigenvalue weighted by atomic mass is 32.2. The van der Waals surface area contributed by atoms with E-state index in [9.17, 15) is 0 Å².